The van der Waals surface area contributed by atoms with E-state index in [-0.39, 0.29) is 11.7 Å². The van der Waals surface area contributed by atoms with Crippen molar-refractivity contribution in [3.63, 3.8) is 0 Å². The van der Waals surface area contributed by atoms with Crippen molar-refractivity contribution in [2.24, 2.45) is 0 Å². The molecule has 0 bridgehead atoms. The van der Waals surface area contributed by atoms with Gasteiger partial charge in [0.15, 0.2) is 5.76 Å². The Labute approximate surface area is 124 Å². The van der Waals surface area contributed by atoms with Gasteiger partial charge in [-0.2, -0.15) is 0 Å². The van der Waals surface area contributed by atoms with Crippen molar-refractivity contribution in [1.29, 1.82) is 5.41 Å². The Morgan fingerprint density at radius 3 is 2.43 bits per heavy atom. The van der Waals surface area contributed by atoms with E-state index in [2.05, 4.69) is 19.2 Å². The Bertz CT molecular complexity index is 615. The first-order valence-electron chi connectivity index (χ1n) is 6.76. The minimum Gasteiger partial charge on any atom is -0.459 e. The van der Waals surface area contributed by atoms with Crippen LogP contribution in [0.2, 0.25) is 0 Å². The normalized spacial score (nSPS) is 10.5. The van der Waals surface area contributed by atoms with Crippen LogP contribution in [0, 0.1) is 5.41 Å². The molecule has 0 aliphatic rings. The quantitative estimate of drug-likeness (QED) is 0.672. The number of carbonyl (C=O) groups excluding carboxylic acids is 1. The van der Waals surface area contributed by atoms with Crippen molar-refractivity contribution in [2.45, 2.75) is 19.8 Å². The molecule has 0 fully saturated rings. The first-order valence-corrected chi connectivity index (χ1v) is 6.76. The fourth-order valence-corrected chi connectivity index (χ4v) is 1.87. The monoisotopic (exact) mass is 285 g/mol. The molecule has 1 aromatic carbocycles. The molecule has 2 rings (SSSR count). The van der Waals surface area contributed by atoms with Gasteiger partial charge < -0.3 is 9.32 Å². The molecular formula is C16H19N3O2. The Balaban J connectivity index is 2.03. The second-order valence-electron chi connectivity index (χ2n) is 5.09. The maximum Gasteiger partial charge on any atom is 0.293 e. The van der Waals surface area contributed by atoms with Crippen molar-refractivity contribution in [1.82, 2.24) is 5.32 Å². The van der Waals surface area contributed by atoms with Gasteiger partial charge in [-0.3, -0.25) is 15.5 Å². The van der Waals surface area contributed by atoms with Crippen LogP contribution < -0.4 is 10.2 Å². The molecule has 5 nitrogen and oxygen atoms in total. The van der Waals surface area contributed by atoms with Gasteiger partial charge in [-0.1, -0.05) is 26.0 Å². The van der Waals surface area contributed by atoms with Crippen LogP contribution in [0.25, 0.3) is 0 Å². The largest absolute Gasteiger partial charge is 0.459 e. The highest BCUT2D eigenvalue weighted by molar-refractivity contribution is 6.08. The zero-order valence-corrected chi connectivity index (χ0v) is 12.4. The molecule has 1 heterocycles. The summed E-state index contributed by atoms with van der Waals surface area (Å²) in [6.07, 6.45) is 1.42. The smallest absolute Gasteiger partial charge is 0.293 e. The van der Waals surface area contributed by atoms with Crippen LogP contribution in [-0.4, -0.2) is 18.9 Å². The Kier molecular flexibility index (Phi) is 4.42. The van der Waals surface area contributed by atoms with Crippen LogP contribution in [0.5, 0.6) is 0 Å². The van der Waals surface area contributed by atoms with Gasteiger partial charge in [0.05, 0.1) is 6.26 Å². The molecule has 0 spiro atoms. The van der Waals surface area contributed by atoms with Gasteiger partial charge in [-0.05, 0) is 35.7 Å². The maximum atomic E-state index is 11.8. The van der Waals surface area contributed by atoms with Crippen molar-refractivity contribution in [2.75, 3.05) is 11.9 Å². The van der Waals surface area contributed by atoms with Crippen molar-refractivity contribution >= 4 is 17.6 Å². The third-order valence-corrected chi connectivity index (χ3v) is 3.26. The van der Waals surface area contributed by atoms with Crippen molar-refractivity contribution in [3.8, 4) is 0 Å². The Hall–Kier alpha value is -2.56. The summed E-state index contributed by atoms with van der Waals surface area (Å²) in [5.41, 5.74) is 2.07. The number of nitrogens with one attached hydrogen (secondary N) is 2. The summed E-state index contributed by atoms with van der Waals surface area (Å²) in [5, 5.41) is 10.4. The van der Waals surface area contributed by atoms with Crippen molar-refractivity contribution < 1.29 is 9.21 Å². The number of carbonyl (C=O) groups is 1. The lowest BCUT2D eigenvalue weighted by atomic mass is 10.0. The lowest BCUT2D eigenvalue weighted by molar-refractivity contribution is 0.0949. The van der Waals surface area contributed by atoms with Gasteiger partial charge in [0.2, 0.25) is 5.96 Å². The van der Waals surface area contributed by atoms with E-state index in [1.165, 1.54) is 11.8 Å². The highest BCUT2D eigenvalue weighted by atomic mass is 16.3. The number of hydrogen-bond donors (Lipinski definition) is 2. The second-order valence-corrected chi connectivity index (χ2v) is 5.09. The van der Waals surface area contributed by atoms with Crippen LogP contribution in [-0.2, 0) is 0 Å². The summed E-state index contributed by atoms with van der Waals surface area (Å²) < 4.78 is 5.00. The molecule has 1 amide bonds. The third kappa shape index (κ3) is 3.51. The molecule has 0 aliphatic heterocycles. The lowest BCUT2D eigenvalue weighted by Gasteiger charge is -2.20. The standard InChI is InChI=1S/C16H19N3O2/c1-11(2)12-6-8-13(9-7-12)19(3)16(17)18-15(20)14-5-4-10-21-14/h4-11H,1-3H3,(H2,17,18,20). The number of nitrogens with zero attached hydrogens (tertiary/aromatic N) is 1. The average molecular weight is 285 g/mol. The van der Waals surface area contributed by atoms with E-state index in [4.69, 9.17) is 9.83 Å². The van der Waals surface area contributed by atoms with E-state index in [9.17, 15) is 4.79 Å². The highest BCUT2D eigenvalue weighted by Gasteiger charge is 2.14. The van der Waals surface area contributed by atoms with Gasteiger partial charge in [-0.15, -0.1) is 0 Å². The second kappa shape index (κ2) is 6.26. The fraction of sp³-hybridized carbons (Fsp3) is 0.250. The first-order chi connectivity index (χ1) is 9.99. The summed E-state index contributed by atoms with van der Waals surface area (Å²) in [6, 6.07) is 11.1. The number of benzene rings is 1. The van der Waals surface area contributed by atoms with E-state index >= 15 is 0 Å². The number of furan rings is 1. The zero-order chi connectivity index (χ0) is 15.4. The van der Waals surface area contributed by atoms with E-state index in [1.54, 1.807) is 24.1 Å². The Morgan fingerprint density at radius 1 is 1.24 bits per heavy atom. The fourth-order valence-electron chi connectivity index (χ4n) is 1.87. The summed E-state index contributed by atoms with van der Waals surface area (Å²) in [6.45, 7) is 4.26. The molecule has 2 N–H and O–H groups in total. The van der Waals surface area contributed by atoms with Gasteiger partial charge >= 0.3 is 0 Å². The van der Waals surface area contributed by atoms with Crippen LogP contribution in [0.3, 0.4) is 0 Å². The number of amides is 1. The zero-order valence-electron chi connectivity index (χ0n) is 12.4. The summed E-state index contributed by atoms with van der Waals surface area (Å²) in [7, 11) is 1.73. The summed E-state index contributed by atoms with van der Waals surface area (Å²) in [5.74, 6) is 0.204. The van der Waals surface area contributed by atoms with Crippen molar-refractivity contribution in [3.05, 3.63) is 54.0 Å². The van der Waals surface area contributed by atoms with Crippen LogP contribution in [0.1, 0.15) is 35.9 Å². The molecule has 0 aliphatic carbocycles. The molecule has 21 heavy (non-hydrogen) atoms. The minimum atomic E-state index is -0.435. The maximum absolute atomic E-state index is 11.8. The van der Waals surface area contributed by atoms with Crippen LogP contribution >= 0.6 is 0 Å². The molecular weight excluding hydrogens is 266 g/mol. The third-order valence-electron chi connectivity index (χ3n) is 3.26. The highest BCUT2D eigenvalue weighted by Crippen LogP contribution is 2.19. The number of rotatable bonds is 3. The molecule has 5 heteroatoms. The van der Waals surface area contributed by atoms with Gasteiger partial charge in [0.25, 0.3) is 5.91 Å². The average Bonchev–Trinajstić information content (AvgIpc) is 3.00. The molecule has 0 saturated carbocycles. The predicted octanol–water partition coefficient (Wildman–Crippen LogP) is 3.20. The lowest BCUT2D eigenvalue weighted by Crippen LogP contribution is -2.41. The van der Waals surface area contributed by atoms with Gasteiger partial charge in [-0.25, -0.2) is 0 Å². The SMILES string of the molecule is CC(C)c1ccc(N(C)C(=N)NC(=O)c2ccco2)cc1. The number of guanidine groups is 1. The Morgan fingerprint density at radius 2 is 1.90 bits per heavy atom. The molecule has 110 valence electrons. The minimum absolute atomic E-state index is 0.00584. The van der Waals surface area contributed by atoms with Gasteiger partial charge in [0, 0.05) is 12.7 Å². The predicted molar refractivity (Wildman–Crippen MR) is 82.8 cm³/mol. The molecule has 0 unspecified atom stereocenters. The number of anilines is 1. The molecule has 0 saturated heterocycles. The van der Waals surface area contributed by atoms with E-state index in [0.29, 0.717) is 5.92 Å². The molecule has 0 atom stereocenters. The molecule has 1 aromatic heterocycles. The van der Waals surface area contributed by atoms with Crippen LogP contribution in [0.4, 0.5) is 5.69 Å². The first kappa shape index (κ1) is 14.8. The van der Waals surface area contributed by atoms with Gasteiger partial charge in [0.1, 0.15) is 0 Å². The molecule has 2 aromatic rings. The number of hydrogen-bond acceptors (Lipinski definition) is 3. The topological polar surface area (TPSA) is 69.3 Å². The van der Waals surface area contributed by atoms with E-state index in [0.717, 1.165) is 5.69 Å². The summed E-state index contributed by atoms with van der Waals surface area (Å²) in [4.78, 5) is 13.4. The van der Waals surface area contributed by atoms with Crippen LogP contribution in [0.15, 0.2) is 47.1 Å². The van der Waals surface area contributed by atoms with E-state index < -0.39 is 5.91 Å². The molecule has 0 radical (unpaired) electrons. The summed E-state index contributed by atoms with van der Waals surface area (Å²) >= 11 is 0. The van der Waals surface area contributed by atoms with E-state index in [1.807, 2.05) is 24.3 Å².